The van der Waals surface area contributed by atoms with E-state index in [0.29, 0.717) is 0 Å². The highest BCUT2D eigenvalue weighted by atomic mass is 15.2. The third-order valence-electron chi connectivity index (χ3n) is 3.64. The summed E-state index contributed by atoms with van der Waals surface area (Å²) in [4.78, 5) is 7.12. The van der Waals surface area contributed by atoms with Crippen molar-refractivity contribution in [1.82, 2.24) is 10.3 Å². The van der Waals surface area contributed by atoms with Gasteiger partial charge in [-0.3, -0.25) is 0 Å². The maximum absolute atomic E-state index is 4.68. The third-order valence-corrected chi connectivity index (χ3v) is 3.64. The minimum atomic E-state index is 0.793. The molecule has 1 unspecified atom stereocenters. The van der Waals surface area contributed by atoms with Crippen LogP contribution in [-0.4, -0.2) is 24.6 Å². The molecule has 2 rings (SSSR count). The van der Waals surface area contributed by atoms with E-state index >= 15 is 0 Å². The molecule has 0 aliphatic carbocycles. The summed E-state index contributed by atoms with van der Waals surface area (Å²) in [7, 11) is 0. The fraction of sp³-hybridized carbons (Fsp3) is 0.667. The van der Waals surface area contributed by atoms with Crippen molar-refractivity contribution < 1.29 is 0 Å². The lowest BCUT2D eigenvalue weighted by atomic mass is 10.00. The maximum atomic E-state index is 4.68. The molecule has 1 atom stereocenters. The lowest BCUT2D eigenvalue weighted by Gasteiger charge is -2.32. The number of hydrogen-bond acceptors (Lipinski definition) is 3. The molecule has 2 heterocycles. The molecule has 1 saturated heterocycles. The van der Waals surface area contributed by atoms with Crippen LogP contribution in [0.5, 0.6) is 0 Å². The summed E-state index contributed by atoms with van der Waals surface area (Å²) in [6.07, 6.45) is 4.67. The van der Waals surface area contributed by atoms with E-state index in [1.807, 2.05) is 6.20 Å². The zero-order valence-electron chi connectivity index (χ0n) is 11.9. The minimum Gasteiger partial charge on any atom is -0.356 e. The number of nitrogens with one attached hydrogen (secondary N) is 1. The molecule has 0 amide bonds. The zero-order valence-corrected chi connectivity index (χ0v) is 11.9. The van der Waals surface area contributed by atoms with Gasteiger partial charge >= 0.3 is 0 Å². The van der Waals surface area contributed by atoms with Crippen LogP contribution in [0.15, 0.2) is 12.3 Å². The van der Waals surface area contributed by atoms with E-state index in [9.17, 15) is 0 Å². The highest BCUT2D eigenvalue weighted by Gasteiger charge is 2.18. The van der Waals surface area contributed by atoms with Crippen LogP contribution in [0.25, 0.3) is 0 Å². The first-order valence-electron chi connectivity index (χ1n) is 7.12. The number of aryl methyl sites for hydroxylation is 1. The first-order valence-corrected chi connectivity index (χ1v) is 7.12. The number of aromatic nitrogens is 1. The number of nitrogens with zero attached hydrogens (tertiary/aromatic N) is 2. The standard InChI is InChI=1S/C15H25N3/c1-4-16-9-14-8-13(3)15(17-10-14)18-7-5-6-12(2)11-18/h8,10,12,16H,4-7,9,11H2,1-3H3. The highest BCUT2D eigenvalue weighted by molar-refractivity contribution is 5.47. The van der Waals surface area contributed by atoms with E-state index in [4.69, 9.17) is 0 Å². The van der Waals surface area contributed by atoms with Gasteiger partial charge in [0.25, 0.3) is 0 Å². The molecule has 100 valence electrons. The first-order chi connectivity index (χ1) is 8.70. The van der Waals surface area contributed by atoms with Gasteiger partial charge in [0, 0.05) is 25.8 Å². The fourth-order valence-corrected chi connectivity index (χ4v) is 2.70. The molecule has 0 bridgehead atoms. The Morgan fingerprint density at radius 1 is 1.50 bits per heavy atom. The SMILES string of the molecule is CCNCc1cnc(N2CCCC(C)C2)c(C)c1. The van der Waals surface area contributed by atoms with Crippen molar-refractivity contribution in [2.45, 2.75) is 40.2 Å². The summed E-state index contributed by atoms with van der Waals surface area (Å²) < 4.78 is 0. The Balaban J connectivity index is 2.08. The Hall–Kier alpha value is -1.09. The van der Waals surface area contributed by atoms with Crippen molar-refractivity contribution in [3.05, 3.63) is 23.4 Å². The van der Waals surface area contributed by atoms with Gasteiger partial charge in [0.15, 0.2) is 0 Å². The van der Waals surface area contributed by atoms with Gasteiger partial charge in [-0.15, -0.1) is 0 Å². The van der Waals surface area contributed by atoms with Crippen LogP contribution in [0.2, 0.25) is 0 Å². The van der Waals surface area contributed by atoms with Crippen LogP contribution in [0, 0.1) is 12.8 Å². The zero-order chi connectivity index (χ0) is 13.0. The summed E-state index contributed by atoms with van der Waals surface area (Å²) in [6, 6.07) is 2.27. The van der Waals surface area contributed by atoms with Gasteiger partial charge in [-0.1, -0.05) is 13.8 Å². The van der Waals surface area contributed by atoms with Gasteiger partial charge in [0.05, 0.1) is 0 Å². The van der Waals surface area contributed by atoms with Crippen molar-refractivity contribution in [3.8, 4) is 0 Å². The Labute approximate surface area is 111 Å². The van der Waals surface area contributed by atoms with Gasteiger partial charge in [-0.2, -0.15) is 0 Å². The molecule has 1 aromatic rings. The highest BCUT2D eigenvalue weighted by Crippen LogP contribution is 2.24. The quantitative estimate of drug-likeness (QED) is 0.886. The van der Waals surface area contributed by atoms with Crippen molar-refractivity contribution >= 4 is 5.82 Å². The number of hydrogen-bond donors (Lipinski definition) is 1. The molecular weight excluding hydrogens is 222 g/mol. The van der Waals surface area contributed by atoms with Gasteiger partial charge in [0.2, 0.25) is 0 Å². The molecule has 0 saturated carbocycles. The van der Waals surface area contributed by atoms with E-state index in [0.717, 1.165) is 32.1 Å². The van der Waals surface area contributed by atoms with Gasteiger partial charge in [0.1, 0.15) is 5.82 Å². The van der Waals surface area contributed by atoms with Gasteiger partial charge < -0.3 is 10.2 Å². The summed E-state index contributed by atoms with van der Waals surface area (Å²) >= 11 is 0. The Morgan fingerprint density at radius 3 is 3.00 bits per heavy atom. The second kappa shape index (κ2) is 6.19. The Morgan fingerprint density at radius 2 is 2.33 bits per heavy atom. The van der Waals surface area contributed by atoms with E-state index in [1.165, 1.54) is 29.8 Å². The average Bonchev–Trinajstić information content (AvgIpc) is 2.36. The van der Waals surface area contributed by atoms with Crippen LogP contribution < -0.4 is 10.2 Å². The number of piperidine rings is 1. The molecule has 0 spiro atoms. The molecule has 1 aliphatic heterocycles. The average molecular weight is 247 g/mol. The summed E-state index contributed by atoms with van der Waals surface area (Å²) in [5, 5.41) is 3.34. The van der Waals surface area contributed by atoms with Crippen molar-refractivity contribution in [2.24, 2.45) is 5.92 Å². The third kappa shape index (κ3) is 3.22. The van der Waals surface area contributed by atoms with Gasteiger partial charge in [-0.05, 0) is 49.4 Å². The fourth-order valence-electron chi connectivity index (χ4n) is 2.70. The number of anilines is 1. The Bertz CT molecular complexity index is 389. The summed E-state index contributed by atoms with van der Waals surface area (Å²) in [5.41, 5.74) is 2.59. The van der Waals surface area contributed by atoms with Crippen molar-refractivity contribution in [1.29, 1.82) is 0 Å². The monoisotopic (exact) mass is 247 g/mol. The van der Waals surface area contributed by atoms with Gasteiger partial charge in [-0.25, -0.2) is 4.98 Å². The van der Waals surface area contributed by atoms with Crippen molar-refractivity contribution in [2.75, 3.05) is 24.5 Å². The lowest BCUT2D eigenvalue weighted by molar-refractivity contribution is 0.444. The molecule has 0 aromatic carbocycles. The predicted octanol–water partition coefficient (Wildman–Crippen LogP) is 2.74. The topological polar surface area (TPSA) is 28.2 Å². The normalized spacial score (nSPS) is 20.2. The first kappa shape index (κ1) is 13.3. The predicted molar refractivity (Wildman–Crippen MR) is 77.0 cm³/mol. The number of pyridine rings is 1. The molecule has 3 heteroatoms. The smallest absolute Gasteiger partial charge is 0.131 e. The molecular formula is C15H25N3. The maximum Gasteiger partial charge on any atom is 0.131 e. The largest absolute Gasteiger partial charge is 0.356 e. The molecule has 18 heavy (non-hydrogen) atoms. The van der Waals surface area contributed by atoms with Crippen LogP contribution in [0.4, 0.5) is 5.82 Å². The second-order valence-corrected chi connectivity index (χ2v) is 5.46. The lowest BCUT2D eigenvalue weighted by Crippen LogP contribution is -2.35. The van der Waals surface area contributed by atoms with Crippen LogP contribution in [0.3, 0.4) is 0 Å². The van der Waals surface area contributed by atoms with Crippen LogP contribution >= 0.6 is 0 Å². The van der Waals surface area contributed by atoms with E-state index in [-0.39, 0.29) is 0 Å². The molecule has 1 N–H and O–H groups in total. The molecule has 1 aliphatic rings. The molecule has 3 nitrogen and oxygen atoms in total. The van der Waals surface area contributed by atoms with Crippen molar-refractivity contribution in [3.63, 3.8) is 0 Å². The summed E-state index contributed by atoms with van der Waals surface area (Å²) in [6.45, 7) is 10.9. The second-order valence-electron chi connectivity index (χ2n) is 5.46. The molecule has 1 aromatic heterocycles. The van der Waals surface area contributed by atoms with Crippen LogP contribution in [-0.2, 0) is 6.54 Å². The van der Waals surface area contributed by atoms with Crippen LogP contribution in [0.1, 0.15) is 37.8 Å². The van der Waals surface area contributed by atoms with E-state index < -0.39 is 0 Å². The summed E-state index contributed by atoms with van der Waals surface area (Å²) in [5.74, 6) is 1.98. The molecule has 1 fully saturated rings. The van der Waals surface area contributed by atoms with E-state index in [2.05, 4.69) is 42.0 Å². The number of rotatable bonds is 4. The minimum absolute atomic E-state index is 0.793. The van der Waals surface area contributed by atoms with E-state index in [1.54, 1.807) is 0 Å². The Kier molecular flexibility index (Phi) is 4.59. The molecule has 0 radical (unpaired) electrons.